The van der Waals surface area contributed by atoms with E-state index in [1.807, 2.05) is 79.0 Å². The molecular weight excluding hydrogens is 538 g/mol. The number of benzene rings is 5. The summed E-state index contributed by atoms with van der Waals surface area (Å²) in [5.41, 5.74) is 8.72. The van der Waals surface area contributed by atoms with Crippen molar-refractivity contribution in [3.63, 3.8) is 0 Å². The number of hydrogen-bond acceptors (Lipinski definition) is 5. The van der Waals surface area contributed by atoms with Crippen LogP contribution in [0.1, 0.15) is 0 Å². The van der Waals surface area contributed by atoms with Crippen LogP contribution in [0.5, 0.6) is 0 Å². The van der Waals surface area contributed by atoms with Gasteiger partial charge in [-0.1, -0.05) is 133 Å². The van der Waals surface area contributed by atoms with Crippen molar-refractivity contribution < 1.29 is 0 Å². The van der Waals surface area contributed by atoms with Gasteiger partial charge < -0.3 is 0 Å². The first-order valence-corrected chi connectivity index (χ1v) is 14.5. The fourth-order valence-corrected chi connectivity index (χ4v) is 5.56. The molecule has 5 aromatic carbocycles. The van der Waals surface area contributed by atoms with Gasteiger partial charge in [0.05, 0.1) is 16.7 Å². The molecule has 0 aliphatic carbocycles. The molecule has 206 valence electrons. The molecule has 0 radical (unpaired) electrons. The summed E-state index contributed by atoms with van der Waals surface area (Å²) in [6.45, 7) is 0. The van der Waals surface area contributed by atoms with Gasteiger partial charge in [0.2, 0.25) is 0 Å². The summed E-state index contributed by atoms with van der Waals surface area (Å²) in [4.78, 5) is 24.5. The summed E-state index contributed by atoms with van der Waals surface area (Å²) < 4.78 is 0. The zero-order valence-corrected chi connectivity index (χ0v) is 23.7. The Hall–Kier alpha value is -6.07. The Morgan fingerprint density at radius 3 is 1.48 bits per heavy atom. The van der Waals surface area contributed by atoms with Crippen LogP contribution in [0.2, 0.25) is 0 Å². The van der Waals surface area contributed by atoms with Crippen LogP contribution in [0.4, 0.5) is 0 Å². The highest BCUT2D eigenvalue weighted by molar-refractivity contribution is 6.09. The largest absolute Gasteiger partial charge is 0.254 e. The van der Waals surface area contributed by atoms with Crippen molar-refractivity contribution >= 4 is 21.8 Å². The van der Waals surface area contributed by atoms with Gasteiger partial charge in [-0.2, -0.15) is 0 Å². The predicted molar refractivity (Wildman–Crippen MR) is 178 cm³/mol. The van der Waals surface area contributed by atoms with Crippen LogP contribution in [-0.2, 0) is 0 Å². The average Bonchev–Trinajstić information content (AvgIpc) is 3.12. The van der Waals surface area contributed by atoms with Crippen molar-refractivity contribution in [2.24, 2.45) is 0 Å². The van der Waals surface area contributed by atoms with Crippen LogP contribution >= 0.6 is 0 Å². The van der Waals surface area contributed by atoms with E-state index < -0.39 is 0 Å². The van der Waals surface area contributed by atoms with Gasteiger partial charge in [-0.25, -0.2) is 19.9 Å². The van der Waals surface area contributed by atoms with E-state index in [0.29, 0.717) is 17.5 Å². The van der Waals surface area contributed by atoms with Gasteiger partial charge in [0.25, 0.3) is 0 Å². The molecule has 8 aromatic rings. The third kappa shape index (κ3) is 4.76. The van der Waals surface area contributed by atoms with Crippen LogP contribution in [0.25, 0.3) is 78.4 Å². The molecule has 0 saturated carbocycles. The highest BCUT2D eigenvalue weighted by Crippen LogP contribution is 2.35. The second-order valence-electron chi connectivity index (χ2n) is 10.6. The number of fused-ring (bicyclic) bond motifs is 3. The summed E-state index contributed by atoms with van der Waals surface area (Å²) in [5.74, 6) is 1.90. The Balaban J connectivity index is 1.26. The zero-order valence-electron chi connectivity index (χ0n) is 23.7. The lowest BCUT2D eigenvalue weighted by Gasteiger charge is -2.12. The number of hydrogen-bond donors (Lipinski definition) is 0. The summed E-state index contributed by atoms with van der Waals surface area (Å²) >= 11 is 0. The molecule has 0 aliphatic heterocycles. The predicted octanol–water partition coefficient (Wildman–Crippen LogP) is 9.30. The SMILES string of the molecule is c1ccc(-c2nc(-c3ccccc3)nc(-c3ccc(-c4cc(-c5ccccc5)c5ccc6cccnc6c5n4)cc3)n2)cc1. The Morgan fingerprint density at radius 2 is 0.886 bits per heavy atom. The first kappa shape index (κ1) is 25.6. The molecular formula is C39H25N5. The van der Waals surface area contributed by atoms with E-state index in [0.717, 1.165) is 60.9 Å². The normalized spacial score (nSPS) is 11.2. The Labute approximate surface area is 254 Å². The lowest BCUT2D eigenvalue weighted by atomic mass is 9.97. The van der Waals surface area contributed by atoms with Crippen molar-refractivity contribution in [1.29, 1.82) is 0 Å². The second kappa shape index (κ2) is 11.0. The topological polar surface area (TPSA) is 64.5 Å². The molecule has 0 amide bonds. The van der Waals surface area contributed by atoms with Gasteiger partial charge in [-0.15, -0.1) is 0 Å². The van der Waals surface area contributed by atoms with E-state index in [-0.39, 0.29) is 0 Å². The molecule has 0 spiro atoms. The van der Waals surface area contributed by atoms with E-state index in [4.69, 9.17) is 24.9 Å². The molecule has 44 heavy (non-hydrogen) atoms. The van der Waals surface area contributed by atoms with Crippen molar-refractivity contribution in [3.05, 3.63) is 152 Å². The Kier molecular flexibility index (Phi) is 6.39. The molecule has 0 fully saturated rings. The van der Waals surface area contributed by atoms with E-state index in [9.17, 15) is 0 Å². The molecule has 5 heteroatoms. The number of pyridine rings is 2. The third-order valence-corrected chi connectivity index (χ3v) is 7.77. The van der Waals surface area contributed by atoms with E-state index in [1.165, 1.54) is 0 Å². The first-order valence-electron chi connectivity index (χ1n) is 14.5. The van der Waals surface area contributed by atoms with Gasteiger partial charge in [0.1, 0.15) is 0 Å². The minimum atomic E-state index is 0.621. The van der Waals surface area contributed by atoms with Crippen molar-refractivity contribution in [2.75, 3.05) is 0 Å². The summed E-state index contributed by atoms with van der Waals surface area (Å²) in [5, 5.41) is 2.15. The van der Waals surface area contributed by atoms with E-state index >= 15 is 0 Å². The van der Waals surface area contributed by atoms with Crippen molar-refractivity contribution in [1.82, 2.24) is 24.9 Å². The van der Waals surface area contributed by atoms with Gasteiger partial charge in [-0.05, 0) is 23.3 Å². The molecule has 0 aliphatic rings. The second-order valence-corrected chi connectivity index (χ2v) is 10.6. The fourth-order valence-electron chi connectivity index (χ4n) is 5.56. The monoisotopic (exact) mass is 563 g/mol. The van der Waals surface area contributed by atoms with Gasteiger partial charge in [0, 0.05) is 39.2 Å². The Morgan fingerprint density at radius 1 is 0.364 bits per heavy atom. The highest BCUT2D eigenvalue weighted by Gasteiger charge is 2.15. The molecule has 3 heterocycles. The van der Waals surface area contributed by atoms with E-state index in [2.05, 4.69) is 72.8 Å². The molecule has 0 N–H and O–H groups in total. The summed E-state index contributed by atoms with van der Waals surface area (Å²) in [7, 11) is 0. The number of aromatic nitrogens is 5. The summed E-state index contributed by atoms with van der Waals surface area (Å²) in [6, 6.07) is 49.3. The van der Waals surface area contributed by atoms with Crippen LogP contribution < -0.4 is 0 Å². The maximum atomic E-state index is 5.17. The van der Waals surface area contributed by atoms with Gasteiger partial charge >= 0.3 is 0 Å². The molecule has 0 saturated heterocycles. The third-order valence-electron chi connectivity index (χ3n) is 7.77. The van der Waals surface area contributed by atoms with Crippen molar-refractivity contribution in [3.8, 4) is 56.5 Å². The van der Waals surface area contributed by atoms with Crippen LogP contribution in [0.15, 0.2) is 152 Å². The maximum Gasteiger partial charge on any atom is 0.164 e. The molecule has 0 bridgehead atoms. The lowest BCUT2D eigenvalue weighted by molar-refractivity contribution is 1.07. The van der Waals surface area contributed by atoms with Crippen molar-refractivity contribution in [2.45, 2.75) is 0 Å². The molecule has 0 atom stereocenters. The first-order chi connectivity index (χ1) is 21.8. The highest BCUT2D eigenvalue weighted by atomic mass is 15.0. The van der Waals surface area contributed by atoms with Crippen LogP contribution in [0.3, 0.4) is 0 Å². The summed E-state index contributed by atoms with van der Waals surface area (Å²) in [6.07, 6.45) is 1.83. The maximum absolute atomic E-state index is 5.17. The minimum Gasteiger partial charge on any atom is -0.254 e. The van der Waals surface area contributed by atoms with Gasteiger partial charge in [-0.3, -0.25) is 4.98 Å². The smallest absolute Gasteiger partial charge is 0.164 e. The quantitative estimate of drug-likeness (QED) is 0.195. The van der Waals surface area contributed by atoms with E-state index in [1.54, 1.807) is 0 Å². The lowest BCUT2D eigenvalue weighted by Crippen LogP contribution is -2.00. The standard InChI is InChI=1S/C39H25N5/c1-4-11-26(12-5-1)33-25-34(41-36-32(33)23-22-28-17-10-24-40-35(28)36)27-18-20-31(21-19-27)39-43-37(29-13-6-2-7-14-29)42-38(44-39)30-15-8-3-9-16-30/h1-25H. The fraction of sp³-hybridized carbons (Fsp3) is 0. The average molecular weight is 564 g/mol. The number of nitrogens with zero attached hydrogens (tertiary/aromatic N) is 5. The van der Waals surface area contributed by atoms with Crippen LogP contribution in [0, 0.1) is 0 Å². The van der Waals surface area contributed by atoms with Gasteiger partial charge in [0.15, 0.2) is 17.5 Å². The zero-order chi connectivity index (χ0) is 29.3. The minimum absolute atomic E-state index is 0.621. The molecule has 8 rings (SSSR count). The molecule has 5 nitrogen and oxygen atoms in total. The number of rotatable bonds is 5. The molecule has 0 unspecified atom stereocenters. The Bertz CT molecular complexity index is 2190. The van der Waals surface area contributed by atoms with Crippen LogP contribution in [-0.4, -0.2) is 24.9 Å². The molecule has 3 aromatic heterocycles.